The molecule has 3 aromatic rings. The van der Waals surface area contributed by atoms with Crippen molar-refractivity contribution in [3.05, 3.63) is 59.1 Å². The monoisotopic (exact) mass is 432 g/mol. The van der Waals surface area contributed by atoms with E-state index in [1.165, 1.54) is 10.3 Å². The highest BCUT2D eigenvalue weighted by Gasteiger charge is 2.36. The van der Waals surface area contributed by atoms with Gasteiger partial charge in [-0.2, -0.15) is 5.26 Å². The van der Waals surface area contributed by atoms with Crippen LogP contribution in [-0.2, 0) is 4.79 Å². The summed E-state index contributed by atoms with van der Waals surface area (Å²) >= 11 is 1.68. The molecule has 2 heterocycles. The summed E-state index contributed by atoms with van der Waals surface area (Å²) in [7, 11) is 0. The summed E-state index contributed by atoms with van der Waals surface area (Å²) in [5.41, 5.74) is 5.88. The molecule has 0 radical (unpaired) electrons. The number of fused-ring (bicyclic) bond motifs is 1. The molecule has 1 amide bonds. The van der Waals surface area contributed by atoms with Gasteiger partial charge in [-0.15, -0.1) is 11.3 Å². The Hall–Kier alpha value is -2.75. The Morgan fingerprint density at radius 3 is 2.65 bits per heavy atom. The summed E-state index contributed by atoms with van der Waals surface area (Å²) in [6, 6.07) is 16.4. The molecule has 0 saturated carbocycles. The van der Waals surface area contributed by atoms with Crippen LogP contribution in [0.1, 0.15) is 50.3 Å². The van der Waals surface area contributed by atoms with Gasteiger partial charge >= 0.3 is 0 Å². The molecular weight excluding hydrogens is 404 g/mol. The molecule has 0 N–H and O–H groups in total. The number of nitrogens with zero attached hydrogens (tertiary/aromatic N) is 4. The molecule has 2 aromatic carbocycles. The number of carbonyl (C=O) groups is 1. The zero-order valence-corrected chi connectivity index (χ0v) is 18.9. The van der Waals surface area contributed by atoms with E-state index in [0.717, 1.165) is 50.0 Å². The van der Waals surface area contributed by atoms with Gasteiger partial charge in [-0.1, -0.05) is 13.0 Å². The van der Waals surface area contributed by atoms with Gasteiger partial charge in [0.1, 0.15) is 0 Å². The first kappa shape index (κ1) is 21.5. The fourth-order valence-corrected chi connectivity index (χ4v) is 5.29. The Morgan fingerprint density at radius 1 is 1.26 bits per heavy atom. The lowest BCUT2D eigenvalue weighted by Crippen LogP contribution is -2.46. The second kappa shape index (κ2) is 9.17. The number of amides is 1. The lowest BCUT2D eigenvalue weighted by atomic mass is 9.75. The van der Waals surface area contributed by atoms with Gasteiger partial charge in [0, 0.05) is 18.3 Å². The van der Waals surface area contributed by atoms with E-state index in [1.807, 2.05) is 17.6 Å². The Kier molecular flexibility index (Phi) is 6.35. The number of rotatable bonds is 7. The number of carbonyl (C=O) groups excluding carboxylic acids is 1. The molecule has 1 fully saturated rings. The number of benzene rings is 2. The van der Waals surface area contributed by atoms with Crippen molar-refractivity contribution in [2.75, 3.05) is 24.5 Å². The van der Waals surface area contributed by atoms with Crippen molar-refractivity contribution in [3.63, 3.8) is 0 Å². The van der Waals surface area contributed by atoms with Crippen LogP contribution >= 0.6 is 11.3 Å². The van der Waals surface area contributed by atoms with Gasteiger partial charge in [-0.3, -0.25) is 9.69 Å². The number of likely N-dealkylation sites (tertiary alicyclic amines) is 1. The van der Waals surface area contributed by atoms with E-state index >= 15 is 0 Å². The number of aromatic nitrogens is 1. The van der Waals surface area contributed by atoms with Crippen LogP contribution in [0, 0.1) is 16.7 Å². The van der Waals surface area contributed by atoms with Gasteiger partial charge < -0.3 is 4.90 Å². The molecule has 160 valence electrons. The SMILES string of the molecule is CCC1(CN(C=O)c2ccc(C#N)cc2)CCN(C(C)c2ccc3scnc3c2)CC1. The quantitative estimate of drug-likeness (QED) is 0.470. The average Bonchev–Trinajstić information content (AvgIpc) is 3.30. The van der Waals surface area contributed by atoms with Crippen molar-refractivity contribution < 1.29 is 4.79 Å². The molecule has 31 heavy (non-hydrogen) atoms. The minimum atomic E-state index is 0.115. The number of nitriles is 1. The third-order valence-corrected chi connectivity index (χ3v) is 7.76. The van der Waals surface area contributed by atoms with Crippen LogP contribution in [0.4, 0.5) is 5.69 Å². The van der Waals surface area contributed by atoms with Crippen LogP contribution in [0.15, 0.2) is 48.0 Å². The molecule has 0 aliphatic carbocycles. The highest BCUT2D eigenvalue weighted by atomic mass is 32.1. The fourth-order valence-electron chi connectivity index (χ4n) is 4.63. The summed E-state index contributed by atoms with van der Waals surface area (Å²) < 4.78 is 1.23. The largest absolute Gasteiger partial charge is 0.314 e. The Morgan fingerprint density at radius 2 is 2.00 bits per heavy atom. The van der Waals surface area contributed by atoms with Crippen molar-refractivity contribution in [2.24, 2.45) is 5.41 Å². The van der Waals surface area contributed by atoms with Crippen molar-refractivity contribution >= 4 is 33.7 Å². The lowest BCUT2D eigenvalue weighted by molar-refractivity contribution is -0.108. The minimum absolute atomic E-state index is 0.115. The van der Waals surface area contributed by atoms with E-state index in [0.29, 0.717) is 18.2 Å². The molecule has 1 aliphatic heterocycles. The first-order valence-corrected chi connectivity index (χ1v) is 11.7. The molecule has 1 aliphatic rings. The van der Waals surface area contributed by atoms with Gasteiger partial charge in [-0.25, -0.2) is 4.98 Å². The van der Waals surface area contributed by atoms with Gasteiger partial charge in [0.2, 0.25) is 6.41 Å². The molecule has 1 saturated heterocycles. The number of thiazole rings is 1. The standard InChI is InChI=1S/C25H28N4OS/c1-3-25(16-29(18-30)22-7-4-20(15-26)5-8-22)10-12-28(13-11-25)19(2)21-6-9-24-23(14-21)27-17-31-24/h4-9,14,17-19H,3,10-13,16H2,1-2H3. The highest BCUT2D eigenvalue weighted by Crippen LogP contribution is 2.39. The van der Waals surface area contributed by atoms with E-state index in [9.17, 15) is 4.79 Å². The summed E-state index contributed by atoms with van der Waals surface area (Å²) in [6.07, 6.45) is 4.10. The Labute approximate surface area is 187 Å². The summed E-state index contributed by atoms with van der Waals surface area (Å²) in [5.74, 6) is 0. The maximum absolute atomic E-state index is 11.9. The number of hydrogen-bond donors (Lipinski definition) is 0. The Balaban J connectivity index is 1.43. The van der Waals surface area contributed by atoms with Gasteiger partial charge in [0.05, 0.1) is 27.4 Å². The molecule has 1 aromatic heterocycles. The summed E-state index contributed by atoms with van der Waals surface area (Å²) in [4.78, 5) is 20.7. The van der Waals surface area contributed by atoms with Crippen molar-refractivity contribution in [1.82, 2.24) is 9.88 Å². The van der Waals surface area contributed by atoms with E-state index in [-0.39, 0.29) is 5.41 Å². The third kappa shape index (κ3) is 4.48. The maximum Gasteiger partial charge on any atom is 0.214 e. The van der Waals surface area contributed by atoms with E-state index in [1.54, 1.807) is 28.4 Å². The number of piperidine rings is 1. The fraction of sp³-hybridized carbons (Fsp3) is 0.400. The molecule has 0 spiro atoms. The van der Waals surface area contributed by atoms with Gasteiger partial charge in [-0.05, 0) is 86.7 Å². The first-order valence-electron chi connectivity index (χ1n) is 10.9. The van der Waals surface area contributed by atoms with Crippen LogP contribution in [0.5, 0.6) is 0 Å². The first-order chi connectivity index (χ1) is 15.1. The van der Waals surface area contributed by atoms with Crippen molar-refractivity contribution in [3.8, 4) is 6.07 Å². The highest BCUT2D eigenvalue weighted by molar-refractivity contribution is 7.16. The second-order valence-corrected chi connectivity index (χ2v) is 9.42. The minimum Gasteiger partial charge on any atom is -0.314 e. The van der Waals surface area contributed by atoms with Crippen LogP contribution in [-0.4, -0.2) is 35.9 Å². The van der Waals surface area contributed by atoms with Crippen molar-refractivity contribution in [2.45, 2.75) is 39.2 Å². The molecule has 1 atom stereocenters. The van der Waals surface area contributed by atoms with Crippen LogP contribution < -0.4 is 4.90 Å². The maximum atomic E-state index is 11.9. The normalized spacial score (nSPS) is 17.2. The van der Waals surface area contributed by atoms with Crippen LogP contribution in [0.25, 0.3) is 10.2 Å². The smallest absolute Gasteiger partial charge is 0.214 e. The van der Waals surface area contributed by atoms with Gasteiger partial charge in [0.25, 0.3) is 0 Å². The topological polar surface area (TPSA) is 60.2 Å². The molecule has 6 heteroatoms. The second-order valence-electron chi connectivity index (χ2n) is 8.54. The van der Waals surface area contributed by atoms with E-state index in [4.69, 9.17) is 5.26 Å². The van der Waals surface area contributed by atoms with Gasteiger partial charge in [0.15, 0.2) is 0 Å². The molecule has 4 rings (SSSR count). The predicted molar refractivity (Wildman–Crippen MR) is 126 cm³/mol. The van der Waals surface area contributed by atoms with E-state index in [2.05, 4.69) is 48.0 Å². The zero-order chi connectivity index (χ0) is 21.8. The Bertz CT molecular complexity index is 1080. The van der Waals surface area contributed by atoms with Crippen molar-refractivity contribution in [1.29, 1.82) is 5.26 Å². The number of hydrogen-bond acceptors (Lipinski definition) is 5. The summed E-state index contributed by atoms with van der Waals surface area (Å²) in [5, 5.41) is 9.02. The third-order valence-electron chi connectivity index (χ3n) is 6.95. The molecular formula is C25H28N4OS. The average molecular weight is 433 g/mol. The molecule has 1 unspecified atom stereocenters. The molecule has 0 bridgehead atoms. The summed E-state index contributed by atoms with van der Waals surface area (Å²) in [6.45, 7) is 7.26. The molecule has 5 nitrogen and oxygen atoms in total. The zero-order valence-electron chi connectivity index (χ0n) is 18.1. The van der Waals surface area contributed by atoms with Crippen LogP contribution in [0.3, 0.4) is 0 Å². The predicted octanol–water partition coefficient (Wildman–Crippen LogP) is 5.38. The van der Waals surface area contributed by atoms with E-state index < -0.39 is 0 Å². The number of anilines is 1. The van der Waals surface area contributed by atoms with Crippen LogP contribution in [0.2, 0.25) is 0 Å². The lowest BCUT2D eigenvalue weighted by Gasteiger charge is -2.45.